The number of nitrogens with one attached hydrogen (secondary N) is 1. The van der Waals surface area contributed by atoms with Crippen LogP contribution >= 0.6 is 11.8 Å². The molecule has 1 N–H and O–H groups in total. The average Bonchev–Trinajstić information content (AvgIpc) is 3.07. The van der Waals surface area contributed by atoms with Gasteiger partial charge in [0.1, 0.15) is 0 Å². The molecular formula is C20H21N5O3S. The summed E-state index contributed by atoms with van der Waals surface area (Å²) in [5.41, 5.74) is 2.71. The van der Waals surface area contributed by atoms with E-state index in [0.717, 1.165) is 11.1 Å². The molecule has 0 fully saturated rings. The predicted molar refractivity (Wildman–Crippen MR) is 111 cm³/mol. The molecule has 150 valence electrons. The number of carbonyl (C=O) groups excluding carboxylic acids is 1. The van der Waals surface area contributed by atoms with Crippen LogP contribution in [0.2, 0.25) is 0 Å². The summed E-state index contributed by atoms with van der Waals surface area (Å²) in [6.07, 6.45) is 0. The van der Waals surface area contributed by atoms with Crippen LogP contribution in [0.3, 0.4) is 0 Å². The van der Waals surface area contributed by atoms with Crippen molar-refractivity contribution in [2.75, 3.05) is 0 Å². The van der Waals surface area contributed by atoms with Crippen molar-refractivity contribution in [1.82, 2.24) is 20.1 Å². The third-order valence-corrected chi connectivity index (χ3v) is 5.52. The first-order valence-corrected chi connectivity index (χ1v) is 9.96. The van der Waals surface area contributed by atoms with Crippen LogP contribution in [-0.2, 0) is 12.8 Å². The van der Waals surface area contributed by atoms with Crippen LogP contribution in [-0.4, -0.2) is 25.6 Å². The Morgan fingerprint density at radius 2 is 1.83 bits per heavy atom. The molecule has 1 atom stereocenters. The minimum absolute atomic E-state index is 0.0674. The Kier molecular flexibility index (Phi) is 6.28. The van der Waals surface area contributed by atoms with Gasteiger partial charge in [-0.15, -0.1) is 10.2 Å². The molecule has 1 unspecified atom stereocenters. The monoisotopic (exact) mass is 411 g/mol. The fourth-order valence-electron chi connectivity index (χ4n) is 2.74. The Morgan fingerprint density at radius 1 is 1.17 bits per heavy atom. The molecule has 0 aliphatic rings. The molecule has 1 heterocycles. The van der Waals surface area contributed by atoms with Crippen molar-refractivity contribution in [3.63, 3.8) is 0 Å². The second-order valence-corrected chi connectivity index (χ2v) is 7.62. The summed E-state index contributed by atoms with van der Waals surface area (Å²) >= 11 is 1.48. The van der Waals surface area contributed by atoms with E-state index < -0.39 is 4.92 Å². The Labute approximate surface area is 172 Å². The zero-order chi connectivity index (χ0) is 21.0. The molecule has 0 spiro atoms. The van der Waals surface area contributed by atoms with Gasteiger partial charge < -0.3 is 9.88 Å². The molecule has 29 heavy (non-hydrogen) atoms. The van der Waals surface area contributed by atoms with Crippen LogP contribution in [0.15, 0.2) is 53.7 Å². The lowest BCUT2D eigenvalue weighted by atomic mass is 10.1. The summed E-state index contributed by atoms with van der Waals surface area (Å²) < 4.78 is 1.84. The maximum Gasteiger partial charge on any atom is 0.269 e. The second-order valence-electron chi connectivity index (χ2n) is 6.67. The van der Waals surface area contributed by atoms with E-state index >= 15 is 0 Å². The van der Waals surface area contributed by atoms with E-state index in [1.807, 2.05) is 37.6 Å². The number of aromatic nitrogens is 3. The molecule has 3 rings (SSSR count). The molecule has 0 aliphatic carbocycles. The number of thioether (sulfide) groups is 1. The van der Waals surface area contributed by atoms with Crippen LogP contribution in [0.1, 0.15) is 40.3 Å². The van der Waals surface area contributed by atoms with Crippen molar-refractivity contribution in [3.8, 4) is 0 Å². The molecule has 8 nitrogen and oxygen atoms in total. The maximum atomic E-state index is 12.4. The minimum Gasteiger partial charge on any atom is -0.342 e. The van der Waals surface area contributed by atoms with Gasteiger partial charge in [0.15, 0.2) is 11.0 Å². The van der Waals surface area contributed by atoms with E-state index in [1.54, 1.807) is 24.3 Å². The van der Waals surface area contributed by atoms with E-state index in [4.69, 9.17) is 0 Å². The SMILES string of the molecule is Cc1ccc(C(=O)NC(C)c2nnc(SCc3ccc([N+](=O)[O-])cc3)n2C)cc1. The summed E-state index contributed by atoms with van der Waals surface area (Å²) in [5.74, 6) is 1.09. The van der Waals surface area contributed by atoms with Crippen LogP contribution in [0.5, 0.6) is 0 Å². The summed E-state index contributed by atoms with van der Waals surface area (Å²) in [7, 11) is 1.85. The quantitative estimate of drug-likeness (QED) is 0.360. The third-order valence-electron chi connectivity index (χ3n) is 4.43. The van der Waals surface area contributed by atoms with E-state index in [1.165, 1.54) is 23.9 Å². The van der Waals surface area contributed by atoms with Crippen molar-refractivity contribution in [1.29, 1.82) is 0 Å². The van der Waals surface area contributed by atoms with Gasteiger partial charge in [-0.2, -0.15) is 0 Å². The molecule has 0 saturated carbocycles. The summed E-state index contributed by atoms with van der Waals surface area (Å²) in [6.45, 7) is 3.83. The van der Waals surface area contributed by atoms with Gasteiger partial charge in [-0.05, 0) is 31.5 Å². The molecule has 1 aromatic heterocycles. The first-order valence-electron chi connectivity index (χ1n) is 8.98. The molecule has 0 radical (unpaired) electrons. The highest BCUT2D eigenvalue weighted by atomic mass is 32.2. The van der Waals surface area contributed by atoms with Crippen LogP contribution in [0, 0.1) is 17.0 Å². The number of amides is 1. The van der Waals surface area contributed by atoms with Gasteiger partial charge in [0, 0.05) is 30.5 Å². The highest BCUT2D eigenvalue weighted by Crippen LogP contribution is 2.24. The highest BCUT2D eigenvalue weighted by Gasteiger charge is 2.18. The highest BCUT2D eigenvalue weighted by molar-refractivity contribution is 7.98. The second kappa shape index (κ2) is 8.87. The molecule has 3 aromatic rings. The summed E-state index contributed by atoms with van der Waals surface area (Å²) in [4.78, 5) is 22.7. The first-order chi connectivity index (χ1) is 13.8. The van der Waals surface area contributed by atoms with Crippen molar-refractivity contribution in [2.45, 2.75) is 30.8 Å². The van der Waals surface area contributed by atoms with Crippen molar-refractivity contribution in [2.24, 2.45) is 7.05 Å². The Hall–Kier alpha value is -3.20. The van der Waals surface area contributed by atoms with Crippen LogP contribution in [0.25, 0.3) is 0 Å². The molecule has 1 amide bonds. The summed E-state index contributed by atoms with van der Waals surface area (Å²) in [6, 6.07) is 13.5. The minimum atomic E-state index is -0.418. The lowest BCUT2D eigenvalue weighted by Crippen LogP contribution is -2.28. The number of benzene rings is 2. The standard InChI is InChI=1S/C20H21N5O3S/c1-13-4-8-16(9-5-13)19(26)21-14(2)18-22-23-20(24(18)3)29-12-15-6-10-17(11-7-15)25(27)28/h4-11,14H,12H2,1-3H3,(H,21,26). The van der Waals surface area contributed by atoms with E-state index in [2.05, 4.69) is 15.5 Å². The lowest BCUT2D eigenvalue weighted by molar-refractivity contribution is -0.384. The average molecular weight is 411 g/mol. The Balaban J connectivity index is 1.62. The van der Waals surface area contributed by atoms with Crippen LogP contribution < -0.4 is 5.32 Å². The zero-order valence-electron chi connectivity index (χ0n) is 16.3. The maximum absolute atomic E-state index is 12.4. The smallest absolute Gasteiger partial charge is 0.269 e. The van der Waals surface area contributed by atoms with Crippen molar-refractivity contribution in [3.05, 3.63) is 81.2 Å². The van der Waals surface area contributed by atoms with Gasteiger partial charge in [-0.1, -0.05) is 41.6 Å². The van der Waals surface area contributed by atoms with Crippen molar-refractivity contribution < 1.29 is 9.72 Å². The topological polar surface area (TPSA) is 103 Å². The Bertz CT molecular complexity index is 1020. The number of nitro groups is 1. The van der Waals surface area contributed by atoms with Gasteiger partial charge in [-0.3, -0.25) is 14.9 Å². The predicted octanol–water partition coefficient (Wildman–Crippen LogP) is 3.82. The fourth-order valence-corrected chi connectivity index (χ4v) is 3.61. The van der Waals surface area contributed by atoms with Gasteiger partial charge >= 0.3 is 0 Å². The number of nitrogens with zero attached hydrogens (tertiary/aromatic N) is 4. The number of rotatable bonds is 7. The van der Waals surface area contributed by atoms with Gasteiger partial charge in [-0.25, -0.2) is 0 Å². The third kappa shape index (κ3) is 5.00. The first kappa shape index (κ1) is 20.5. The number of carbonyl (C=O) groups is 1. The van der Waals surface area contributed by atoms with Gasteiger partial charge in [0.25, 0.3) is 11.6 Å². The molecule has 2 aromatic carbocycles. The Morgan fingerprint density at radius 3 is 2.45 bits per heavy atom. The van der Waals surface area contributed by atoms with E-state index in [0.29, 0.717) is 22.3 Å². The molecule has 0 bridgehead atoms. The molecule has 0 saturated heterocycles. The zero-order valence-corrected chi connectivity index (χ0v) is 17.1. The van der Waals surface area contributed by atoms with E-state index in [-0.39, 0.29) is 17.6 Å². The summed E-state index contributed by atoms with van der Waals surface area (Å²) in [5, 5.41) is 22.8. The lowest BCUT2D eigenvalue weighted by Gasteiger charge is -2.13. The van der Waals surface area contributed by atoms with Crippen molar-refractivity contribution >= 4 is 23.4 Å². The van der Waals surface area contributed by atoms with Crippen LogP contribution in [0.4, 0.5) is 5.69 Å². The molecule has 9 heteroatoms. The number of hydrogen-bond acceptors (Lipinski definition) is 6. The number of aryl methyl sites for hydroxylation is 1. The number of non-ortho nitro benzene ring substituents is 1. The van der Waals surface area contributed by atoms with E-state index in [9.17, 15) is 14.9 Å². The van der Waals surface area contributed by atoms with Gasteiger partial charge in [0.05, 0.1) is 11.0 Å². The molecular weight excluding hydrogens is 390 g/mol. The largest absolute Gasteiger partial charge is 0.342 e. The van der Waals surface area contributed by atoms with Gasteiger partial charge in [0.2, 0.25) is 0 Å². The number of hydrogen-bond donors (Lipinski definition) is 1. The number of nitro benzene ring substituents is 1. The normalized spacial score (nSPS) is 11.8. The fraction of sp³-hybridized carbons (Fsp3) is 0.250. The molecule has 0 aliphatic heterocycles.